The van der Waals surface area contributed by atoms with E-state index < -0.39 is 24.4 Å². The number of hydrogen-bond donors (Lipinski definition) is 4. The summed E-state index contributed by atoms with van der Waals surface area (Å²) in [5, 5.41) is 32.2. The van der Waals surface area contributed by atoms with E-state index in [-0.39, 0.29) is 18.9 Å². The predicted molar refractivity (Wildman–Crippen MR) is 52.6 cm³/mol. The second kappa shape index (κ2) is 4.46. The van der Waals surface area contributed by atoms with Crippen molar-refractivity contribution in [3.63, 3.8) is 0 Å². The van der Waals surface area contributed by atoms with Gasteiger partial charge in [-0.2, -0.15) is 5.10 Å². The van der Waals surface area contributed by atoms with Crippen molar-refractivity contribution in [3.05, 3.63) is 0 Å². The molecule has 7 heteroatoms. The van der Waals surface area contributed by atoms with Gasteiger partial charge in [0.05, 0.1) is 12.3 Å². The van der Waals surface area contributed by atoms with Crippen molar-refractivity contribution in [2.24, 2.45) is 5.10 Å². The van der Waals surface area contributed by atoms with Crippen LogP contribution >= 0.6 is 0 Å². The number of carbonyl (C=O) groups is 1. The van der Waals surface area contributed by atoms with Crippen molar-refractivity contribution in [3.8, 4) is 0 Å². The summed E-state index contributed by atoms with van der Waals surface area (Å²) in [5.41, 5.74) is 2.77. The number of aliphatic hydroxyl groups is 3. The minimum absolute atomic E-state index is 0.0597. The molecular weight excluding hydrogens is 216 g/mol. The molecule has 2 aliphatic rings. The summed E-state index contributed by atoms with van der Waals surface area (Å²) in [6.45, 7) is -0.0597. The Morgan fingerprint density at radius 3 is 2.62 bits per heavy atom. The zero-order chi connectivity index (χ0) is 11.7. The molecule has 0 aromatic carbocycles. The van der Waals surface area contributed by atoms with Crippen molar-refractivity contribution >= 4 is 11.6 Å². The van der Waals surface area contributed by atoms with Crippen LogP contribution in [0.25, 0.3) is 0 Å². The van der Waals surface area contributed by atoms with Gasteiger partial charge >= 0.3 is 0 Å². The van der Waals surface area contributed by atoms with Crippen molar-refractivity contribution < 1.29 is 24.9 Å². The maximum absolute atomic E-state index is 10.9. The highest BCUT2D eigenvalue weighted by atomic mass is 16.5. The van der Waals surface area contributed by atoms with Gasteiger partial charge in [0, 0.05) is 6.42 Å². The van der Waals surface area contributed by atoms with Crippen LogP contribution in [0.2, 0.25) is 0 Å². The molecule has 1 unspecified atom stereocenters. The Bertz CT molecular complexity index is 319. The molecule has 1 fully saturated rings. The van der Waals surface area contributed by atoms with Crippen LogP contribution in [-0.4, -0.2) is 58.0 Å². The van der Waals surface area contributed by atoms with E-state index in [1.165, 1.54) is 0 Å². The molecule has 2 rings (SSSR count). The minimum Gasteiger partial charge on any atom is -0.388 e. The Labute approximate surface area is 91.7 Å². The third kappa shape index (κ3) is 2.07. The largest absolute Gasteiger partial charge is 0.388 e. The summed E-state index contributed by atoms with van der Waals surface area (Å²) in [7, 11) is 0. The van der Waals surface area contributed by atoms with Crippen LogP contribution in [0, 0.1) is 0 Å². The van der Waals surface area contributed by atoms with Crippen LogP contribution in [0.15, 0.2) is 5.10 Å². The van der Waals surface area contributed by atoms with Gasteiger partial charge in [-0.15, -0.1) is 0 Å². The first-order valence-corrected chi connectivity index (χ1v) is 5.10. The van der Waals surface area contributed by atoms with Crippen LogP contribution < -0.4 is 5.43 Å². The standard InChI is InChI=1S/C9H14N2O5/c12-5-3-16-9(8(15)7(5)14)4-1-2-6(13)11-10-4/h5,7-9,12,14-15H,1-3H2,(H,11,13)/t5-,7+,8-,9?/m1/s1. The first-order chi connectivity index (χ1) is 7.59. The number of rotatable bonds is 1. The first-order valence-electron chi connectivity index (χ1n) is 5.10. The second-order valence-corrected chi connectivity index (χ2v) is 3.94. The van der Waals surface area contributed by atoms with Gasteiger partial charge in [-0.3, -0.25) is 4.79 Å². The quantitative estimate of drug-likeness (QED) is 0.406. The van der Waals surface area contributed by atoms with Crippen LogP contribution in [0.3, 0.4) is 0 Å². The van der Waals surface area contributed by atoms with E-state index in [2.05, 4.69) is 10.5 Å². The average molecular weight is 230 g/mol. The number of aliphatic hydroxyl groups excluding tert-OH is 3. The van der Waals surface area contributed by atoms with Crippen molar-refractivity contribution in [2.75, 3.05) is 6.61 Å². The topological polar surface area (TPSA) is 111 Å². The predicted octanol–water partition coefficient (Wildman–Crippen LogP) is -2.27. The maximum Gasteiger partial charge on any atom is 0.240 e. The lowest BCUT2D eigenvalue weighted by Gasteiger charge is -2.36. The molecule has 0 aromatic heterocycles. The Morgan fingerprint density at radius 2 is 2.00 bits per heavy atom. The van der Waals surface area contributed by atoms with Gasteiger partial charge in [0.25, 0.3) is 0 Å². The fraction of sp³-hybridized carbons (Fsp3) is 0.778. The van der Waals surface area contributed by atoms with Crippen LogP contribution in [0.5, 0.6) is 0 Å². The third-order valence-corrected chi connectivity index (χ3v) is 2.76. The third-order valence-electron chi connectivity index (χ3n) is 2.76. The molecule has 0 spiro atoms. The lowest BCUT2D eigenvalue weighted by atomic mass is 9.94. The van der Waals surface area contributed by atoms with Crippen LogP contribution in [-0.2, 0) is 9.53 Å². The summed E-state index contributed by atoms with van der Waals surface area (Å²) in [6, 6.07) is 0. The summed E-state index contributed by atoms with van der Waals surface area (Å²) in [6.07, 6.45) is -3.67. The molecule has 4 atom stereocenters. The van der Waals surface area contributed by atoms with Crippen LogP contribution in [0.4, 0.5) is 0 Å². The summed E-state index contributed by atoms with van der Waals surface area (Å²) in [5.74, 6) is -0.186. The van der Waals surface area contributed by atoms with Gasteiger partial charge in [0.1, 0.15) is 24.4 Å². The molecule has 16 heavy (non-hydrogen) atoms. The highest BCUT2D eigenvalue weighted by Crippen LogP contribution is 2.19. The highest BCUT2D eigenvalue weighted by Gasteiger charge is 2.40. The average Bonchev–Trinajstić information content (AvgIpc) is 2.28. The molecule has 4 N–H and O–H groups in total. The maximum atomic E-state index is 10.9. The SMILES string of the molecule is O=C1CCC(C2OC[C@@H](O)[C@H](O)[C@H]2O)=NN1. The number of nitrogens with one attached hydrogen (secondary N) is 1. The summed E-state index contributed by atoms with van der Waals surface area (Å²) in [4.78, 5) is 10.9. The van der Waals surface area contributed by atoms with E-state index in [9.17, 15) is 20.1 Å². The molecule has 1 saturated heterocycles. The number of ether oxygens (including phenoxy) is 1. The fourth-order valence-corrected chi connectivity index (χ4v) is 1.79. The molecule has 0 bridgehead atoms. The Balaban J connectivity index is 2.07. The monoisotopic (exact) mass is 230 g/mol. The van der Waals surface area contributed by atoms with Crippen molar-refractivity contribution in [1.29, 1.82) is 0 Å². The molecule has 7 nitrogen and oxygen atoms in total. The summed E-state index contributed by atoms with van der Waals surface area (Å²) >= 11 is 0. The van der Waals surface area contributed by atoms with E-state index >= 15 is 0 Å². The number of carbonyl (C=O) groups excluding carboxylic acids is 1. The Kier molecular flexibility index (Phi) is 3.20. The Morgan fingerprint density at radius 1 is 1.25 bits per heavy atom. The van der Waals surface area contributed by atoms with Gasteiger partial charge in [-0.05, 0) is 6.42 Å². The Hall–Kier alpha value is -1.02. The smallest absolute Gasteiger partial charge is 0.240 e. The lowest BCUT2D eigenvalue weighted by Crippen LogP contribution is -2.56. The van der Waals surface area contributed by atoms with E-state index in [1.807, 2.05) is 0 Å². The van der Waals surface area contributed by atoms with Gasteiger partial charge < -0.3 is 20.1 Å². The van der Waals surface area contributed by atoms with Crippen molar-refractivity contribution in [2.45, 2.75) is 37.3 Å². The van der Waals surface area contributed by atoms with Gasteiger partial charge in [-0.25, -0.2) is 5.43 Å². The molecule has 0 radical (unpaired) electrons. The lowest BCUT2D eigenvalue weighted by molar-refractivity contribution is -0.168. The molecule has 1 amide bonds. The van der Waals surface area contributed by atoms with Crippen LogP contribution in [0.1, 0.15) is 12.8 Å². The van der Waals surface area contributed by atoms with E-state index in [0.717, 1.165) is 0 Å². The molecule has 0 saturated carbocycles. The van der Waals surface area contributed by atoms with E-state index in [1.54, 1.807) is 0 Å². The number of amides is 1. The number of nitrogens with zero attached hydrogens (tertiary/aromatic N) is 1. The highest BCUT2D eigenvalue weighted by molar-refractivity contribution is 5.95. The first kappa shape index (κ1) is 11.5. The fourth-order valence-electron chi connectivity index (χ4n) is 1.79. The van der Waals surface area contributed by atoms with Gasteiger partial charge in [0.15, 0.2) is 0 Å². The second-order valence-electron chi connectivity index (χ2n) is 3.94. The molecule has 2 aliphatic heterocycles. The molecular formula is C9H14N2O5. The number of hydrogen-bond acceptors (Lipinski definition) is 6. The number of hydrazone groups is 1. The zero-order valence-electron chi connectivity index (χ0n) is 8.54. The molecule has 0 aliphatic carbocycles. The normalized spacial score (nSPS) is 40.2. The van der Waals surface area contributed by atoms with E-state index in [4.69, 9.17) is 4.74 Å². The molecule has 0 aromatic rings. The van der Waals surface area contributed by atoms with Gasteiger partial charge in [-0.1, -0.05) is 0 Å². The molecule has 2 heterocycles. The zero-order valence-corrected chi connectivity index (χ0v) is 8.54. The van der Waals surface area contributed by atoms with E-state index in [0.29, 0.717) is 12.1 Å². The van der Waals surface area contributed by atoms with Gasteiger partial charge in [0.2, 0.25) is 5.91 Å². The molecule has 90 valence electrons. The minimum atomic E-state index is -1.25. The van der Waals surface area contributed by atoms with Crippen molar-refractivity contribution in [1.82, 2.24) is 5.43 Å². The summed E-state index contributed by atoms with van der Waals surface area (Å²) < 4.78 is 5.21.